The number of rotatable bonds is 6. The van der Waals surface area contributed by atoms with Crippen LogP contribution < -0.4 is 10.1 Å². The molecule has 2 aromatic carbocycles. The first-order chi connectivity index (χ1) is 13.5. The first-order valence-electron chi connectivity index (χ1n) is 10.4. The van der Waals surface area contributed by atoms with E-state index in [1.54, 1.807) is 0 Å². The Labute approximate surface area is 168 Å². The van der Waals surface area contributed by atoms with Gasteiger partial charge in [0.1, 0.15) is 5.75 Å². The Kier molecular flexibility index (Phi) is 6.96. The van der Waals surface area contributed by atoms with Gasteiger partial charge in [-0.25, -0.2) is 4.79 Å². The highest BCUT2D eigenvalue weighted by Gasteiger charge is 2.24. The van der Waals surface area contributed by atoms with Crippen LogP contribution in [0.25, 0.3) is 0 Å². The Morgan fingerprint density at radius 2 is 1.68 bits per heavy atom. The van der Waals surface area contributed by atoms with E-state index in [0.29, 0.717) is 11.8 Å². The smallest absolute Gasteiger partial charge is 0.320 e. The van der Waals surface area contributed by atoms with E-state index in [4.69, 9.17) is 4.74 Å². The van der Waals surface area contributed by atoms with Gasteiger partial charge in [0.05, 0.1) is 0 Å². The van der Waals surface area contributed by atoms with Crippen molar-refractivity contribution in [2.75, 3.05) is 13.1 Å². The van der Waals surface area contributed by atoms with Crippen LogP contribution >= 0.6 is 0 Å². The summed E-state index contributed by atoms with van der Waals surface area (Å²) in [4.78, 5) is 14.4. The molecule has 1 heterocycles. The second-order valence-corrected chi connectivity index (χ2v) is 8.05. The van der Waals surface area contributed by atoms with Gasteiger partial charge in [-0.1, -0.05) is 56.3 Å². The van der Waals surface area contributed by atoms with Crippen LogP contribution in [0.1, 0.15) is 50.7 Å². The lowest BCUT2D eigenvalue weighted by Crippen LogP contribution is -2.48. The lowest BCUT2D eigenvalue weighted by Gasteiger charge is -2.33. The minimum Gasteiger partial charge on any atom is -0.471 e. The molecule has 2 aromatic rings. The van der Waals surface area contributed by atoms with Gasteiger partial charge in [-0.05, 0) is 61.3 Å². The maximum absolute atomic E-state index is 12.5. The fraction of sp³-hybridized carbons (Fsp3) is 0.458. The molecule has 0 saturated carbocycles. The fourth-order valence-electron chi connectivity index (χ4n) is 3.72. The number of hydrogen-bond donors (Lipinski definition) is 1. The van der Waals surface area contributed by atoms with Gasteiger partial charge in [-0.15, -0.1) is 0 Å². The third kappa shape index (κ3) is 5.75. The average molecular weight is 381 g/mol. The highest BCUT2D eigenvalue weighted by Crippen LogP contribution is 2.22. The quantitative estimate of drug-likeness (QED) is 0.700. The summed E-state index contributed by atoms with van der Waals surface area (Å²) in [5.41, 5.74) is 2.67. The van der Waals surface area contributed by atoms with Gasteiger partial charge < -0.3 is 15.0 Å². The molecule has 0 bridgehead atoms. The summed E-state index contributed by atoms with van der Waals surface area (Å²) in [5.74, 6) is 1.93. The van der Waals surface area contributed by atoms with Crippen molar-refractivity contribution in [3.8, 4) is 5.75 Å². The number of hydrogen-bond acceptors (Lipinski definition) is 2. The molecule has 0 radical (unpaired) electrons. The van der Waals surface area contributed by atoms with Crippen LogP contribution in [-0.4, -0.2) is 30.2 Å². The van der Waals surface area contributed by atoms with Crippen LogP contribution in [-0.2, 0) is 6.42 Å². The van der Waals surface area contributed by atoms with Crippen molar-refractivity contribution in [2.24, 2.45) is 5.92 Å². The Hall–Kier alpha value is -2.49. The Balaban J connectivity index is 1.42. The molecule has 150 valence electrons. The Bertz CT molecular complexity index is 735. The molecule has 1 unspecified atom stereocenters. The second kappa shape index (κ2) is 9.63. The molecule has 1 N–H and O–H groups in total. The molecule has 1 fully saturated rings. The largest absolute Gasteiger partial charge is 0.471 e. The van der Waals surface area contributed by atoms with Gasteiger partial charge in [0.15, 0.2) is 6.23 Å². The zero-order valence-corrected chi connectivity index (χ0v) is 17.2. The maximum Gasteiger partial charge on any atom is 0.320 e. The molecule has 0 spiro atoms. The van der Waals surface area contributed by atoms with Crippen LogP contribution in [0.3, 0.4) is 0 Å². The van der Waals surface area contributed by atoms with Crippen molar-refractivity contribution >= 4 is 6.03 Å². The number of ether oxygens (including phenoxy) is 1. The highest BCUT2D eigenvalue weighted by atomic mass is 16.5. The molecule has 1 saturated heterocycles. The van der Waals surface area contributed by atoms with E-state index >= 15 is 0 Å². The number of piperidine rings is 1. The summed E-state index contributed by atoms with van der Waals surface area (Å²) in [6, 6.07) is 18.7. The van der Waals surface area contributed by atoms with Crippen molar-refractivity contribution < 1.29 is 9.53 Å². The zero-order valence-electron chi connectivity index (χ0n) is 17.2. The summed E-state index contributed by atoms with van der Waals surface area (Å²) in [7, 11) is 0. The van der Waals surface area contributed by atoms with E-state index in [2.05, 4.69) is 61.6 Å². The van der Waals surface area contributed by atoms with Gasteiger partial charge >= 0.3 is 6.03 Å². The van der Waals surface area contributed by atoms with E-state index in [9.17, 15) is 4.79 Å². The molecule has 0 aliphatic carbocycles. The first-order valence-corrected chi connectivity index (χ1v) is 10.4. The first kappa shape index (κ1) is 20.2. The van der Waals surface area contributed by atoms with Crippen LogP contribution in [0.4, 0.5) is 4.79 Å². The molecule has 4 heteroatoms. The number of urea groups is 1. The SMILES string of the molecule is CC(NC(=O)N1CCC(Cc2ccccc2)CC1)Oc1ccc(C(C)C)cc1. The lowest BCUT2D eigenvalue weighted by atomic mass is 9.90. The molecular formula is C24H32N2O2. The lowest BCUT2D eigenvalue weighted by molar-refractivity contribution is 0.138. The third-order valence-electron chi connectivity index (χ3n) is 5.46. The number of carbonyl (C=O) groups is 1. The van der Waals surface area contributed by atoms with E-state index in [0.717, 1.165) is 38.1 Å². The average Bonchev–Trinajstić information content (AvgIpc) is 2.69. The molecule has 0 aromatic heterocycles. The van der Waals surface area contributed by atoms with E-state index in [1.165, 1.54) is 11.1 Å². The van der Waals surface area contributed by atoms with Gasteiger partial charge in [0.2, 0.25) is 0 Å². The van der Waals surface area contributed by atoms with Gasteiger partial charge in [0.25, 0.3) is 0 Å². The predicted octanol–water partition coefficient (Wildman–Crippen LogP) is 5.20. The van der Waals surface area contributed by atoms with Gasteiger partial charge in [-0.3, -0.25) is 0 Å². The monoisotopic (exact) mass is 380 g/mol. The van der Waals surface area contributed by atoms with Gasteiger partial charge in [0, 0.05) is 13.1 Å². The number of likely N-dealkylation sites (tertiary alicyclic amines) is 1. The van der Waals surface area contributed by atoms with Crippen LogP contribution in [0.2, 0.25) is 0 Å². The summed E-state index contributed by atoms with van der Waals surface area (Å²) in [5, 5.41) is 2.96. The van der Waals surface area contributed by atoms with Crippen molar-refractivity contribution in [1.82, 2.24) is 10.2 Å². The molecule has 28 heavy (non-hydrogen) atoms. The molecule has 3 rings (SSSR count). The number of nitrogens with zero attached hydrogens (tertiary/aromatic N) is 1. The molecule has 2 amide bonds. The standard InChI is InChI=1S/C24H32N2O2/c1-18(2)22-9-11-23(12-10-22)28-19(3)25-24(27)26-15-13-21(14-16-26)17-20-7-5-4-6-8-20/h4-12,18-19,21H,13-17H2,1-3H3,(H,25,27). The Morgan fingerprint density at radius 1 is 1.04 bits per heavy atom. The topological polar surface area (TPSA) is 41.6 Å². The number of amides is 2. The summed E-state index contributed by atoms with van der Waals surface area (Å²) in [6.07, 6.45) is 2.84. The number of benzene rings is 2. The molecule has 1 aliphatic rings. The van der Waals surface area contributed by atoms with Crippen molar-refractivity contribution in [3.05, 3.63) is 65.7 Å². The number of carbonyl (C=O) groups excluding carboxylic acids is 1. The molecule has 1 aliphatic heterocycles. The van der Waals surface area contributed by atoms with E-state index in [-0.39, 0.29) is 12.3 Å². The molecular weight excluding hydrogens is 348 g/mol. The Morgan fingerprint density at radius 3 is 2.29 bits per heavy atom. The minimum absolute atomic E-state index is 0.0375. The molecule has 1 atom stereocenters. The van der Waals surface area contributed by atoms with Crippen LogP contribution in [0.5, 0.6) is 5.75 Å². The zero-order chi connectivity index (χ0) is 19.9. The summed E-state index contributed by atoms with van der Waals surface area (Å²) < 4.78 is 5.85. The maximum atomic E-state index is 12.5. The molecule has 4 nitrogen and oxygen atoms in total. The highest BCUT2D eigenvalue weighted by molar-refractivity contribution is 5.74. The van der Waals surface area contributed by atoms with Crippen molar-refractivity contribution in [1.29, 1.82) is 0 Å². The minimum atomic E-state index is -0.362. The van der Waals surface area contributed by atoms with Gasteiger partial charge in [-0.2, -0.15) is 0 Å². The van der Waals surface area contributed by atoms with Crippen LogP contribution in [0.15, 0.2) is 54.6 Å². The van der Waals surface area contributed by atoms with Crippen LogP contribution in [0, 0.1) is 5.92 Å². The van der Waals surface area contributed by atoms with Crippen molar-refractivity contribution in [2.45, 2.75) is 52.2 Å². The summed E-state index contributed by atoms with van der Waals surface area (Å²) >= 11 is 0. The third-order valence-corrected chi connectivity index (χ3v) is 5.46. The fourth-order valence-corrected chi connectivity index (χ4v) is 3.72. The van der Waals surface area contributed by atoms with E-state index < -0.39 is 0 Å². The van der Waals surface area contributed by atoms with Crippen molar-refractivity contribution in [3.63, 3.8) is 0 Å². The second-order valence-electron chi connectivity index (χ2n) is 8.05. The normalized spacial score (nSPS) is 16.1. The van der Waals surface area contributed by atoms with E-state index in [1.807, 2.05) is 24.0 Å². The summed E-state index contributed by atoms with van der Waals surface area (Å²) in [6.45, 7) is 7.82. The predicted molar refractivity (Wildman–Crippen MR) is 114 cm³/mol. The number of nitrogens with one attached hydrogen (secondary N) is 1.